The Morgan fingerprint density at radius 1 is 1.05 bits per heavy atom. The van der Waals surface area contributed by atoms with Crippen LogP contribution in [0.1, 0.15) is 32.0 Å². The molecule has 1 aromatic heterocycles. The van der Waals surface area contributed by atoms with Crippen LogP contribution in [0.5, 0.6) is 11.5 Å². The molecule has 10 nitrogen and oxygen atoms in total. The van der Waals surface area contributed by atoms with Crippen molar-refractivity contribution >= 4 is 34.8 Å². The van der Waals surface area contributed by atoms with Crippen molar-refractivity contribution in [2.24, 2.45) is 0 Å². The number of phenols is 2. The lowest BCUT2D eigenvalue weighted by Gasteiger charge is -2.17. The fourth-order valence-electron chi connectivity index (χ4n) is 3.91. The van der Waals surface area contributed by atoms with Crippen LogP contribution in [0.25, 0.3) is 11.1 Å². The van der Waals surface area contributed by atoms with E-state index >= 15 is 0 Å². The van der Waals surface area contributed by atoms with Gasteiger partial charge < -0.3 is 15.5 Å². The van der Waals surface area contributed by atoms with Crippen LogP contribution in [0.3, 0.4) is 0 Å². The van der Waals surface area contributed by atoms with Crippen LogP contribution in [0.2, 0.25) is 0 Å². The molecule has 11 heteroatoms. The molecule has 4 aromatic rings. The summed E-state index contributed by atoms with van der Waals surface area (Å²) in [6.07, 6.45) is 0. The summed E-state index contributed by atoms with van der Waals surface area (Å²) in [5.41, 5.74) is 0.486. The maximum atomic E-state index is 13.5. The van der Waals surface area contributed by atoms with Gasteiger partial charge in [0.25, 0.3) is 11.6 Å². The van der Waals surface area contributed by atoms with Gasteiger partial charge in [0, 0.05) is 22.9 Å². The number of nitro groups is 1. The predicted molar refractivity (Wildman–Crippen MR) is 145 cm³/mol. The van der Waals surface area contributed by atoms with Gasteiger partial charge in [0.2, 0.25) is 0 Å². The van der Waals surface area contributed by atoms with E-state index in [0.717, 1.165) is 17.8 Å². The van der Waals surface area contributed by atoms with E-state index in [1.807, 2.05) is 6.07 Å². The number of aromatic hydroxyl groups is 2. The van der Waals surface area contributed by atoms with Crippen molar-refractivity contribution in [1.29, 1.82) is 5.26 Å². The van der Waals surface area contributed by atoms with Gasteiger partial charge in [-0.1, -0.05) is 42.1 Å². The summed E-state index contributed by atoms with van der Waals surface area (Å²) in [7, 11) is 0. The van der Waals surface area contributed by atoms with Gasteiger partial charge >= 0.3 is 0 Å². The van der Waals surface area contributed by atoms with Gasteiger partial charge in [0.1, 0.15) is 11.1 Å². The van der Waals surface area contributed by atoms with Crippen LogP contribution in [0, 0.1) is 28.4 Å². The van der Waals surface area contributed by atoms with Gasteiger partial charge in [-0.2, -0.15) is 5.26 Å². The Labute approximate surface area is 226 Å². The highest BCUT2D eigenvalue weighted by Gasteiger charge is 2.29. The molecule has 1 amide bonds. The van der Waals surface area contributed by atoms with E-state index in [2.05, 4.69) is 10.3 Å². The number of hydrogen-bond donors (Lipinski definition) is 3. The molecule has 0 fully saturated rings. The zero-order valence-corrected chi connectivity index (χ0v) is 21.2. The number of nitrogens with zero attached hydrogens (tertiary/aromatic N) is 3. The average molecular weight is 541 g/mol. The molecule has 3 aromatic carbocycles. The highest BCUT2D eigenvalue weighted by molar-refractivity contribution is 8.00. The number of amides is 1. The molecule has 39 heavy (non-hydrogen) atoms. The second-order valence-corrected chi connectivity index (χ2v) is 9.21. The van der Waals surface area contributed by atoms with Crippen molar-refractivity contribution < 1.29 is 24.7 Å². The van der Waals surface area contributed by atoms with Crippen LogP contribution in [-0.2, 0) is 0 Å². The summed E-state index contributed by atoms with van der Waals surface area (Å²) >= 11 is 0.917. The molecule has 0 radical (unpaired) electrons. The molecule has 1 heterocycles. The fraction of sp³-hybridized carbons (Fsp3) is 0.0714. The number of aryl methyl sites for hydroxylation is 1. The molecule has 0 saturated heterocycles. The molecule has 4 rings (SSSR count). The lowest BCUT2D eigenvalue weighted by atomic mass is 9.93. The third-order valence-corrected chi connectivity index (χ3v) is 6.70. The van der Waals surface area contributed by atoms with E-state index in [9.17, 15) is 35.2 Å². The second-order valence-electron chi connectivity index (χ2n) is 8.25. The molecule has 0 aliphatic heterocycles. The zero-order valence-electron chi connectivity index (χ0n) is 20.4. The normalized spacial score (nSPS) is 10.5. The molecule has 0 saturated carbocycles. The zero-order chi connectivity index (χ0) is 28.1. The van der Waals surface area contributed by atoms with Crippen molar-refractivity contribution in [2.45, 2.75) is 11.9 Å². The summed E-state index contributed by atoms with van der Waals surface area (Å²) < 4.78 is 0. The lowest BCUT2D eigenvalue weighted by molar-refractivity contribution is -0.384. The number of nitro benzene ring substituents is 1. The number of benzene rings is 3. The SMILES string of the molecule is Cc1nc(SCC(=O)c2ccc(O)c(O)c2)c(C#N)c(-c2ccccc2[N+](=O)[O-])c1C(=O)Nc1ccccc1. The number of hydrogen-bond acceptors (Lipinski definition) is 9. The third kappa shape index (κ3) is 5.71. The van der Waals surface area contributed by atoms with E-state index < -0.39 is 22.4 Å². The molecule has 0 aliphatic carbocycles. The molecule has 0 aliphatic rings. The van der Waals surface area contributed by atoms with Crippen LogP contribution in [0.4, 0.5) is 11.4 Å². The molecule has 0 atom stereocenters. The first-order chi connectivity index (χ1) is 18.7. The minimum atomic E-state index is -0.608. The van der Waals surface area contributed by atoms with Crippen molar-refractivity contribution in [3.05, 3.63) is 105 Å². The number of rotatable bonds is 8. The fourth-order valence-corrected chi connectivity index (χ4v) is 4.83. The predicted octanol–water partition coefficient (Wildman–Crippen LogP) is 5.48. The van der Waals surface area contributed by atoms with Crippen molar-refractivity contribution in [3.8, 4) is 28.7 Å². The van der Waals surface area contributed by atoms with Crippen molar-refractivity contribution in [3.63, 3.8) is 0 Å². The van der Waals surface area contributed by atoms with E-state index in [-0.39, 0.29) is 55.7 Å². The Kier molecular flexibility index (Phi) is 7.88. The van der Waals surface area contributed by atoms with Gasteiger partial charge in [-0.3, -0.25) is 19.7 Å². The smallest absolute Gasteiger partial charge is 0.277 e. The third-order valence-electron chi connectivity index (χ3n) is 5.72. The molecule has 0 spiro atoms. The van der Waals surface area contributed by atoms with Gasteiger partial charge in [-0.15, -0.1) is 0 Å². The number of phenolic OH excluding ortho intramolecular Hbond substituents is 2. The van der Waals surface area contributed by atoms with Crippen LogP contribution in [0.15, 0.2) is 77.8 Å². The number of Topliss-reactive ketones (excluding diaryl/α,β-unsaturated/α-hetero) is 1. The maximum Gasteiger partial charge on any atom is 0.277 e. The number of anilines is 1. The number of thioether (sulfide) groups is 1. The summed E-state index contributed by atoms with van der Waals surface area (Å²) in [4.78, 5) is 41.9. The van der Waals surface area contributed by atoms with Gasteiger partial charge in [-0.25, -0.2) is 4.98 Å². The molecule has 0 bridgehead atoms. The summed E-state index contributed by atoms with van der Waals surface area (Å²) in [6.45, 7) is 1.54. The van der Waals surface area contributed by atoms with Crippen LogP contribution in [-0.4, -0.2) is 37.6 Å². The number of para-hydroxylation sites is 2. The molecular formula is C28H20N4O6S. The Balaban J connectivity index is 1.83. The highest BCUT2D eigenvalue weighted by atomic mass is 32.2. The van der Waals surface area contributed by atoms with E-state index in [0.29, 0.717) is 5.69 Å². The number of aromatic nitrogens is 1. The van der Waals surface area contributed by atoms with Gasteiger partial charge in [0.15, 0.2) is 17.3 Å². The topological polar surface area (TPSA) is 166 Å². The summed E-state index contributed by atoms with van der Waals surface area (Å²) in [5.74, 6) is -2.05. The number of ketones is 1. The summed E-state index contributed by atoms with van der Waals surface area (Å²) in [6, 6.07) is 20.0. The highest BCUT2D eigenvalue weighted by Crippen LogP contribution is 2.39. The van der Waals surface area contributed by atoms with Crippen molar-refractivity contribution in [1.82, 2.24) is 4.98 Å². The largest absolute Gasteiger partial charge is 0.504 e. The van der Waals surface area contributed by atoms with Crippen LogP contribution < -0.4 is 5.32 Å². The number of carbonyl (C=O) groups is 2. The first kappa shape index (κ1) is 26.8. The first-order valence-electron chi connectivity index (χ1n) is 11.4. The first-order valence-corrected chi connectivity index (χ1v) is 12.4. The quantitative estimate of drug-likeness (QED) is 0.0862. The van der Waals surface area contributed by atoms with Crippen molar-refractivity contribution in [2.75, 3.05) is 11.1 Å². The van der Waals surface area contributed by atoms with E-state index in [1.165, 1.54) is 30.3 Å². The Hall–Kier alpha value is -5.21. The number of pyridine rings is 1. The summed E-state index contributed by atoms with van der Waals surface area (Å²) in [5, 5.41) is 44.1. The minimum Gasteiger partial charge on any atom is -0.504 e. The molecular weight excluding hydrogens is 520 g/mol. The van der Waals surface area contributed by atoms with Gasteiger partial charge in [-0.05, 0) is 43.3 Å². The van der Waals surface area contributed by atoms with Crippen LogP contribution >= 0.6 is 11.8 Å². The maximum absolute atomic E-state index is 13.5. The number of nitrogens with one attached hydrogen (secondary N) is 1. The Morgan fingerprint density at radius 2 is 1.74 bits per heavy atom. The minimum absolute atomic E-state index is 0.0103. The second kappa shape index (κ2) is 11.5. The lowest BCUT2D eigenvalue weighted by Crippen LogP contribution is -2.17. The van der Waals surface area contributed by atoms with E-state index in [1.54, 1.807) is 43.3 Å². The average Bonchev–Trinajstić information content (AvgIpc) is 2.93. The molecule has 3 N–H and O–H groups in total. The Bertz CT molecular complexity index is 1650. The molecule has 0 unspecified atom stereocenters. The standard InChI is InChI=1S/C28H20N4O6S/c1-16-25(27(36)31-18-7-3-2-4-8-18)26(19-9-5-6-10-21(19)32(37)38)20(14-29)28(30-16)39-15-24(35)17-11-12-22(33)23(34)13-17/h2-13,33-34H,15H2,1H3,(H,31,36). The monoisotopic (exact) mass is 540 g/mol. The van der Waals surface area contributed by atoms with Gasteiger partial charge in [0.05, 0.1) is 33.1 Å². The number of nitriles is 1. The Morgan fingerprint density at radius 3 is 2.41 bits per heavy atom. The molecule has 194 valence electrons. The van der Waals surface area contributed by atoms with E-state index in [4.69, 9.17) is 0 Å². The number of carbonyl (C=O) groups excluding carboxylic acids is 2.